The lowest BCUT2D eigenvalue weighted by Crippen LogP contribution is -2.28. The third kappa shape index (κ3) is 6.14. The largest absolute Gasteiger partial charge is 0.396 e. The maximum Gasteiger partial charge on any atom is 0.0638 e. The van der Waals surface area contributed by atoms with E-state index in [4.69, 9.17) is 10.4 Å². The molecule has 3 heteroatoms. The van der Waals surface area contributed by atoms with E-state index in [9.17, 15) is 0 Å². The molecular weight excluding hydrogens is 152 g/mol. The molecule has 12 heavy (non-hydrogen) atoms. The molecule has 0 heterocycles. The summed E-state index contributed by atoms with van der Waals surface area (Å²) in [6, 6.07) is 2.48. The molecule has 0 aliphatic carbocycles. The van der Waals surface area contributed by atoms with Crippen molar-refractivity contribution in [3.63, 3.8) is 0 Å². The van der Waals surface area contributed by atoms with Crippen molar-refractivity contribution in [2.75, 3.05) is 13.2 Å². The van der Waals surface area contributed by atoms with Gasteiger partial charge < -0.3 is 10.4 Å². The first-order valence-corrected chi connectivity index (χ1v) is 4.56. The second-order valence-electron chi connectivity index (χ2n) is 2.85. The van der Waals surface area contributed by atoms with Crippen LogP contribution in [0.25, 0.3) is 0 Å². The molecule has 0 bridgehead atoms. The number of nitrogens with zero attached hydrogens (tertiary/aromatic N) is 1. The minimum Gasteiger partial charge on any atom is -0.396 e. The summed E-state index contributed by atoms with van der Waals surface area (Å²) in [4.78, 5) is 0. The van der Waals surface area contributed by atoms with E-state index in [2.05, 4.69) is 18.3 Å². The lowest BCUT2D eigenvalue weighted by atomic mass is 10.1. The normalized spacial score (nSPS) is 12.4. The molecular formula is C9H18N2O. The Balaban J connectivity index is 3.26. The molecule has 0 saturated carbocycles. The van der Waals surface area contributed by atoms with Crippen molar-refractivity contribution >= 4 is 0 Å². The quantitative estimate of drug-likeness (QED) is 0.561. The standard InChI is InChI=1S/C9H18N2O/c1-2-9(5-6-10)11-7-3-4-8-12/h9,11-12H,2-5,7-8H2,1H3. The number of unbranched alkanes of at least 4 members (excludes halogenated alkanes) is 1. The summed E-state index contributed by atoms with van der Waals surface area (Å²) < 4.78 is 0. The Labute approximate surface area is 74.4 Å². The zero-order chi connectivity index (χ0) is 9.23. The molecule has 2 N–H and O–H groups in total. The van der Waals surface area contributed by atoms with Crippen molar-refractivity contribution < 1.29 is 5.11 Å². The number of rotatable bonds is 7. The molecule has 1 unspecified atom stereocenters. The SMILES string of the molecule is CCC(CC#N)NCCCCO. The number of nitrogens with one attached hydrogen (secondary N) is 1. The minimum atomic E-state index is 0.261. The van der Waals surface area contributed by atoms with Gasteiger partial charge >= 0.3 is 0 Å². The fourth-order valence-corrected chi connectivity index (χ4v) is 1.01. The molecule has 0 aromatic carbocycles. The predicted octanol–water partition coefficient (Wildman–Crippen LogP) is 1.04. The monoisotopic (exact) mass is 170 g/mol. The molecule has 0 fully saturated rings. The van der Waals surface area contributed by atoms with E-state index in [1.165, 1.54) is 0 Å². The average molecular weight is 170 g/mol. The second kappa shape index (κ2) is 8.51. The van der Waals surface area contributed by atoms with Crippen LogP contribution >= 0.6 is 0 Å². The Bertz CT molecular complexity index is 131. The number of aliphatic hydroxyl groups excluding tert-OH is 1. The van der Waals surface area contributed by atoms with E-state index in [1.807, 2.05) is 0 Å². The van der Waals surface area contributed by atoms with Crippen LogP contribution < -0.4 is 5.32 Å². The Morgan fingerprint density at radius 3 is 2.75 bits per heavy atom. The minimum absolute atomic E-state index is 0.261. The van der Waals surface area contributed by atoms with Crippen molar-refractivity contribution in [1.29, 1.82) is 5.26 Å². The highest BCUT2D eigenvalue weighted by atomic mass is 16.2. The number of nitriles is 1. The van der Waals surface area contributed by atoms with Crippen molar-refractivity contribution in [2.24, 2.45) is 0 Å². The Morgan fingerprint density at radius 1 is 1.50 bits per heavy atom. The van der Waals surface area contributed by atoms with Gasteiger partial charge in [0.1, 0.15) is 0 Å². The van der Waals surface area contributed by atoms with Crippen molar-refractivity contribution in [3.8, 4) is 6.07 Å². The van der Waals surface area contributed by atoms with E-state index in [-0.39, 0.29) is 6.61 Å². The van der Waals surface area contributed by atoms with Crippen LogP contribution in [0.4, 0.5) is 0 Å². The summed E-state index contributed by atoms with van der Waals surface area (Å²) in [5.41, 5.74) is 0. The van der Waals surface area contributed by atoms with E-state index in [1.54, 1.807) is 0 Å². The van der Waals surface area contributed by atoms with Gasteiger partial charge in [-0.15, -0.1) is 0 Å². The van der Waals surface area contributed by atoms with Crippen LogP contribution in [0.3, 0.4) is 0 Å². The molecule has 0 saturated heterocycles. The van der Waals surface area contributed by atoms with Gasteiger partial charge in [-0.25, -0.2) is 0 Å². The molecule has 0 radical (unpaired) electrons. The van der Waals surface area contributed by atoms with Gasteiger partial charge in [0, 0.05) is 12.6 Å². The van der Waals surface area contributed by atoms with Gasteiger partial charge in [0.25, 0.3) is 0 Å². The van der Waals surface area contributed by atoms with E-state index in [0.717, 1.165) is 25.8 Å². The first-order chi connectivity index (χ1) is 5.85. The van der Waals surface area contributed by atoms with Crippen LogP contribution in [-0.4, -0.2) is 24.3 Å². The molecule has 1 atom stereocenters. The molecule has 0 aliphatic heterocycles. The van der Waals surface area contributed by atoms with Crippen molar-refractivity contribution in [2.45, 2.75) is 38.6 Å². The number of aliphatic hydroxyl groups is 1. The maximum atomic E-state index is 8.51. The molecule has 0 aromatic rings. The molecule has 70 valence electrons. The van der Waals surface area contributed by atoms with Gasteiger partial charge in [-0.05, 0) is 25.8 Å². The fourth-order valence-electron chi connectivity index (χ4n) is 1.01. The zero-order valence-corrected chi connectivity index (χ0v) is 7.71. The van der Waals surface area contributed by atoms with Crippen LogP contribution in [0, 0.1) is 11.3 Å². The van der Waals surface area contributed by atoms with Gasteiger partial charge in [-0.2, -0.15) is 5.26 Å². The lowest BCUT2D eigenvalue weighted by molar-refractivity contribution is 0.282. The summed E-state index contributed by atoms with van der Waals surface area (Å²) in [7, 11) is 0. The average Bonchev–Trinajstić information content (AvgIpc) is 2.10. The number of hydrogen-bond acceptors (Lipinski definition) is 3. The van der Waals surface area contributed by atoms with Crippen LogP contribution in [-0.2, 0) is 0 Å². The second-order valence-corrected chi connectivity index (χ2v) is 2.85. The smallest absolute Gasteiger partial charge is 0.0638 e. The highest BCUT2D eigenvalue weighted by Crippen LogP contribution is 1.96. The fraction of sp³-hybridized carbons (Fsp3) is 0.889. The summed E-state index contributed by atoms with van der Waals surface area (Å²) in [5.74, 6) is 0. The molecule has 0 aliphatic rings. The molecule has 3 nitrogen and oxygen atoms in total. The van der Waals surface area contributed by atoms with Crippen LogP contribution in [0.1, 0.15) is 32.6 Å². The van der Waals surface area contributed by atoms with E-state index in [0.29, 0.717) is 12.5 Å². The highest BCUT2D eigenvalue weighted by Gasteiger charge is 2.02. The van der Waals surface area contributed by atoms with Crippen LogP contribution in [0.15, 0.2) is 0 Å². The topological polar surface area (TPSA) is 56.0 Å². The van der Waals surface area contributed by atoms with Gasteiger partial charge in [-0.3, -0.25) is 0 Å². The van der Waals surface area contributed by atoms with Crippen LogP contribution in [0.5, 0.6) is 0 Å². The Hall–Kier alpha value is -0.590. The van der Waals surface area contributed by atoms with Gasteiger partial charge in [0.05, 0.1) is 12.5 Å². The predicted molar refractivity (Wildman–Crippen MR) is 48.6 cm³/mol. The summed E-state index contributed by atoms with van der Waals surface area (Å²) in [6.45, 7) is 3.23. The highest BCUT2D eigenvalue weighted by molar-refractivity contribution is 4.79. The van der Waals surface area contributed by atoms with Crippen molar-refractivity contribution in [3.05, 3.63) is 0 Å². The Morgan fingerprint density at radius 2 is 2.25 bits per heavy atom. The zero-order valence-electron chi connectivity index (χ0n) is 7.71. The molecule has 0 rings (SSSR count). The Kier molecular flexibility index (Phi) is 8.09. The van der Waals surface area contributed by atoms with E-state index < -0.39 is 0 Å². The summed E-state index contributed by atoms with van der Waals surface area (Å²) in [6.07, 6.45) is 3.40. The first kappa shape index (κ1) is 11.4. The van der Waals surface area contributed by atoms with Crippen molar-refractivity contribution in [1.82, 2.24) is 5.32 Å². The van der Waals surface area contributed by atoms with Gasteiger partial charge in [-0.1, -0.05) is 6.92 Å². The third-order valence-electron chi connectivity index (χ3n) is 1.85. The molecule has 0 aromatic heterocycles. The van der Waals surface area contributed by atoms with Crippen LogP contribution in [0.2, 0.25) is 0 Å². The van der Waals surface area contributed by atoms with Gasteiger partial charge in [0.2, 0.25) is 0 Å². The summed E-state index contributed by atoms with van der Waals surface area (Å²) in [5, 5.41) is 20.2. The third-order valence-corrected chi connectivity index (χ3v) is 1.85. The first-order valence-electron chi connectivity index (χ1n) is 4.56. The number of hydrogen-bond donors (Lipinski definition) is 2. The molecule has 0 amide bonds. The lowest BCUT2D eigenvalue weighted by Gasteiger charge is -2.12. The molecule has 0 spiro atoms. The van der Waals surface area contributed by atoms with Gasteiger partial charge in [0.15, 0.2) is 0 Å². The summed E-state index contributed by atoms with van der Waals surface area (Å²) >= 11 is 0. The van der Waals surface area contributed by atoms with E-state index >= 15 is 0 Å². The maximum absolute atomic E-state index is 8.51.